The maximum atomic E-state index is 12.8. The summed E-state index contributed by atoms with van der Waals surface area (Å²) in [5.74, 6) is 0.198. The van der Waals surface area contributed by atoms with Crippen molar-refractivity contribution in [1.82, 2.24) is 25.1 Å². The van der Waals surface area contributed by atoms with E-state index in [4.69, 9.17) is 4.74 Å². The van der Waals surface area contributed by atoms with Crippen LogP contribution in [0.2, 0.25) is 0 Å². The van der Waals surface area contributed by atoms with Gasteiger partial charge in [-0.2, -0.15) is 18.3 Å². The van der Waals surface area contributed by atoms with Gasteiger partial charge in [0.1, 0.15) is 12.1 Å². The van der Waals surface area contributed by atoms with Gasteiger partial charge < -0.3 is 15.0 Å². The van der Waals surface area contributed by atoms with E-state index in [1.807, 2.05) is 0 Å². The Morgan fingerprint density at radius 1 is 1.20 bits per heavy atom. The van der Waals surface area contributed by atoms with Crippen LogP contribution in [0.25, 0.3) is 11.0 Å². The summed E-state index contributed by atoms with van der Waals surface area (Å²) < 4.78 is 45.5. The Morgan fingerprint density at radius 3 is 2.77 bits per heavy atom. The fourth-order valence-electron chi connectivity index (χ4n) is 3.29. The van der Waals surface area contributed by atoms with Crippen molar-refractivity contribution in [2.45, 2.75) is 12.7 Å². The van der Waals surface area contributed by atoms with Crippen molar-refractivity contribution in [2.75, 3.05) is 37.7 Å². The van der Waals surface area contributed by atoms with E-state index < -0.39 is 17.6 Å². The monoisotopic (exact) mass is 420 g/mol. The first-order valence-corrected chi connectivity index (χ1v) is 9.38. The smallest absolute Gasteiger partial charge is 0.378 e. The van der Waals surface area contributed by atoms with E-state index in [0.29, 0.717) is 25.4 Å². The van der Waals surface area contributed by atoms with Gasteiger partial charge in [0.05, 0.1) is 36.9 Å². The number of anilines is 1. The summed E-state index contributed by atoms with van der Waals surface area (Å²) in [5, 5.41) is 7.74. The summed E-state index contributed by atoms with van der Waals surface area (Å²) in [4.78, 5) is 23.0. The number of aromatic nitrogens is 4. The first kappa shape index (κ1) is 20.1. The topological polar surface area (TPSA) is 85.2 Å². The van der Waals surface area contributed by atoms with Crippen molar-refractivity contribution >= 4 is 22.8 Å². The van der Waals surface area contributed by atoms with Crippen molar-refractivity contribution in [3.63, 3.8) is 0 Å². The molecule has 30 heavy (non-hydrogen) atoms. The van der Waals surface area contributed by atoms with Gasteiger partial charge >= 0.3 is 6.18 Å². The quantitative estimate of drug-likeness (QED) is 0.681. The summed E-state index contributed by atoms with van der Waals surface area (Å²) >= 11 is 0. The lowest BCUT2D eigenvalue weighted by Crippen LogP contribution is -2.36. The Labute approximate surface area is 169 Å². The van der Waals surface area contributed by atoms with Crippen LogP contribution in [0.15, 0.2) is 36.8 Å². The number of ether oxygens (including phenoxy) is 1. The van der Waals surface area contributed by atoms with E-state index in [0.717, 1.165) is 36.4 Å². The maximum absolute atomic E-state index is 12.8. The highest BCUT2D eigenvalue weighted by atomic mass is 19.4. The number of halogens is 3. The fraction of sp³-hybridized carbons (Fsp3) is 0.368. The number of nitrogens with one attached hydrogen (secondary N) is 1. The predicted molar refractivity (Wildman–Crippen MR) is 102 cm³/mol. The molecule has 8 nitrogen and oxygen atoms in total. The standard InChI is InChI=1S/C19H19F3N6O2/c20-19(21,22)14-3-1-2-13(10-14)18(29)23-4-5-28-17-15(11-26-28)16(24-12-25-17)27-6-8-30-9-7-27/h1-3,10-12H,4-9H2,(H,23,29). The zero-order chi connectivity index (χ0) is 21.1. The molecule has 0 saturated carbocycles. The average molecular weight is 420 g/mol. The summed E-state index contributed by atoms with van der Waals surface area (Å²) in [7, 11) is 0. The second-order valence-corrected chi connectivity index (χ2v) is 6.74. The van der Waals surface area contributed by atoms with E-state index in [1.165, 1.54) is 18.5 Å². The molecule has 0 spiro atoms. The third-order valence-corrected chi connectivity index (χ3v) is 4.78. The predicted octanol–water partition coefficient (Wildman–Crippen LogP) is 2.11. The van der Waals surface area contributed by atoms with E-state index >= 15 is 0 Å². The Bertz CT molecular complexity index is 1050. The molecule has 158 valence electrons. The highest BCUT2D eigenvalue weighted by molar-refractivity contribution is 5.94. The third-order valence-electron chi connectivity index (χ3n) is 4.78. The molecule has 0 bridgehead atoms. The number of fused-ring (bicyclic) bond motifs is 1. The number of nitrogens with zero attached hydrogens (tertiary/aromatic N) is 5. The van der Waals surface area contributed by atoms with Crippen LogP contribution in [-0.4, -0.2) is 58.5 Å². The van der Waals surface area contributed by atoms with Crippen molar-refractivity contribution in [2.24, 2.45) is 0 Å². The Morgan fingerprint density at radius 2 is 2.00 bits per heavy atom. The lowest BCUT2D eigenvalue weighted by atomic mass is 10.1. The minimum absolute atomic E-state index is 0.0490. The van der Waals surface area contributed by atoms with Crippen LogP contribution in [-0.2, 0) is 17.5 Å². The maximum Gasteiger partial charge on any atom is 0.416 e. The molecule has 3 aromatic rings. The molecule has 11 heteroatoms. The van der Waals surface area contributed by atoms with Gasteiger partial charge in [-0.05, 0) is 18.2 Å². The Hall–Kier alpha value is -3.21. The van der Waals surface area contributed by atoms with Gasteiger partial charge in [0.25, 0.3) is 5.91 Å². The Kier molecular flexibility index (Phi) is 5.53. The van der Waals surface area contributed by atoms with Gasteiger partial charge in [0, 0.05) is 25.2 Å². The first-order valence-electron chi connectivity index (χ1n) is 9.38. The number of hydrogen-bond acceptors (Lipinski definition) is 6. The van der Waals surface area contributed by atoms with Gasteiger partial charge in [0.15, 0.2) is 5.65 Å². The molecular formula is C19H19F3N6O2. The van der Waals surface area contributed by atoms with Gasteiger partial charge in [0.2, 0.25) is 0 Å². The summed E-state index contributed by atoms with van der Waals surface area (Å²) in [6, 6.07) is 4.32. The molecule has 0 radical (unpaired) electrons. The molecule has 1 amide bonds. The zero-order valence-electron chi connectivity index (χ0n) is 15.9. The van der Waals surface area contributed by atoms with Gasteiger partial charge in [-0.3, -0.25) is 4.79 Å². The molecule has 1 saturated heterocycles. The molecule has 4 rings (SSSR count). The van der Waals surface area contributed by atoms with Crippen LogP contribution in [0.4, 0.5) is 19.0 Å². The van der Waals surface area contributed by atoms with Gasteiger partial charge in [-0.1, -0.05) is 6.07 Å². The summed E-state index contributed by atoms with van der Waals surface area (Å²) in [6.07, 6.45) is -1.36. The number of morpholine rings is 1. The molecule has 1 aliphatic rings. The van der Waals surface area contributed by atoms with Crippen LogP contribution < -0.4 is 10.2 Å². The van der Waals surface area contributed by atoms with E-state index in [2.05, 4.69) is 25.3 Å². The SMILES string of the molecule is O=C(NCCn1ncc2c(N3CCOCC3)ncnc21)c1cccc(C(F)(F)F)c1. The van der Waals surface area contributed by atoms with E-state index in [1.54, 1.807) is 10.9 Å². The third kappa shape index (κ3) is 4.20. The number of carbonyl (C=O) groups excluding carboxylic acids is 1. The van der Waals surface area contributed by atoms with Crippen molar-refractivity contribution < 1.29 is 22.7 Å². The zero-order valence-corrected chi connectivity index (χ0v) is 15.9. The Balaban J connectivity index is 1.43. The fourth-order valence-corrected chi connectivity index (χ4v) is 3.29. The molecule has 1 N–H and O–H groups in total. The van der Waals surface area contributed by atoms with Crippen LogP contribution in [0.1, 0.15) is 15.9 Å². The van der Waals surface area contributed by atoms with Crippen molar-refractivity contribution in [1.29, 1.82) is 0 Å². The molecule has 1 aliphatic heterocycles. The number of rotatable bonds is 5. The van der Waals surface area contributed by atoms with Crippen molar-refractivity contribution in [3.05, 3.63) is 47.9 Å². The number of alkyl halides is 3. The second-order valence-electron chi connectivity index (χ2n) is 6.74. The molecule has 0 atom stereocenters. The number of benzene rings is 1. The summed E-state index contributed by atoms with van der Waals surface area (Å²) in [5.41, 5.74) is -0.285. The molecule has 0 unspecified atom stereocenters. The van der Waals surface area contributed by atoms with Gasteiger partial charge in [-0.25, -0.2) is 14.6 Å². The first-order chi connectivity index (χ1) is 14.4. The lowest BCUT2D eigenvalue weighted by Gasteiger charge is -2.27. The van der Waals surface area contributed by atoms with Crippen LogP contribution in [0.3, 0.4) is 0 Å². The molecule has 1 fully saturated rings. The van der Waals surface area contributed by atoms with Crippen molar-refractivity contribution in [3.8, 4) is 0 Å². The van der Waals surface area contributed by atoms with E-state index in [-0.39, 0.29) is 12.1 Å². The highest BCUT2D eigenvalue weighted by Crippen LogP contribution is 2.29. The second kappa shape index (κ2) is 8.27. The lowest BCUT2D eigenvalue weighted by molar-refractivity contribution is -0.137. The molecule has 3 heterocycles. The van der Waals surface area contributed by atoms with Crippen LogP contribution >= 0.6 is 0 Å². The molecule has 2 aromatic heterocycles. The minimum Gasteiger partial charge on any atom is -0.378 e. The normalized spacial score (nSPS) is 14.8. The van der Waals surface area contributed by atoms with Crippen LogP contribution in [0, 0.1) is 0 Å². The molecular weight excluding hydrogens is 401 g/mol. The molecule has 1 aromatic carbocycles. The number of hydrogen-bond donors (Lipinski definition) is 1. The number of carbonyl (C=O) groups is 1. The van der Waals surface area contributed by atoms with E-state index in [9.17, 15) is 18.0 Å². The average Bonchev–Trinajstić information content (AvgIpc) is 3.17. The highest BCUT2D eigenvalue weighted by Gasteiger charge is 2.30. The van der Waals surface area contributed by atoms with Crippen LogP contribution in [0.5, 0.6) is 0 Å². The van der Waals surface area contributed by atoms with Gasteiger partial charge in [-0.15, -0.1) is 0 Å². The largest absolute Gasteiger partial charge is 0.416 e. The summed E-state index contributed by atoms with van der Waals surface area (Å²) in [6.45, 7) is 3.20. The number of amides is 1. The molecule has 0 aliphatic carbocycles. The minimum atomic E-state index is -4.50.